The minimum atomic E-state index is 1.09. The minimum absolute atomic E-state index is 1.09. The largest absolute Gasteiger partial charge is 0.303 e. The van der Waals surface area contributed by atoms with Gasteiger partial charge in [0.05, 0.1) is 0 Å². The van der Waals surface area contributed by atoms with Crippen LogP contribution < -0.4 is 0 Å². The van der Waals surface area contributed by atoms with Crippen LogP contribution in [-0.4, -0.2) is 24.5 Å². The minimum Gasteiger partial charge on any atom is -0.303 e. The zero-order valence-electron chi connectivity index (χ0n) is 8.54. The predicted molar refractivity (Wildman–Crippen MR) is 54.6 cm³/mol. The van der Waals surface area contributed by atoms with Crippen molar-refractivity contribution in [3.63, 3.8) is 0 Å². The first kappa shape index (κ1) is 8.28. The van der Waals surface area contributed by atoms with Gasteiger partial charge in [0.2, 0.25) is 0 Å². The molecule has 2 bridgehead atoms. The number of rotatable bonds is 0. The van der Waals surface area contributed by atoms with Crippen LogP contribution in [0.25, 0.3) is 0 Å². The maximum atomic E-state index is 2.75. The zero-order valence-corrected chi connectivity index (χ0v) is 8.54. The second-order valence-corrected chi connectivity index (χ2v) is 5.35. The Kier molecular flexibility index (Phi) is 2.08. The van der Waals surface area contributed by atoms with Crippen LogP contribution in [0.5, 0.6) is 0 Å². The van der Waals surface area contributed by atoms with E-state index in [0.29, 0.717) is 0 Å². The number of fused-ring (bicyclic) bond motifs is 5. The molecule has 2 aliphatic heterocycles. The van der Waals surface area contributed by atoms with Gasteiger partial charge in [-0.15, -0.1) is 0 Å². The van der Waals surface area contributed by atoms with E-state index in [0.717, 1.165) is 17.8 Å². The highest BCUT2D eigenvalue weighted by molar-refractivity contribution is 4.90. The van der Waals surface area contributed by atoms with Crippen LogP contribution >= 0.6 is 0 Å². The van der Waals surface area contributed by atoms with Crippen molar-refractivity contribution in [2.75, 3.05) is 19.6 Å². The lowest BCUT2D eigenvalue weighted by molar-refractivity contribution is 0.197. The smallest absolute Gasteiger partial charge is 0.00124 e. The van der Waals surface area contributed by atoms with E-state index >= 15 is 0 Å². The van der Waals surface area contributed by atoms with E-state index in [9.17, 15) is 0 Å². The summed E-state index contributed by atoms with van der Waals surface area (Å²) in [6.07, 6.45) is 9.16. The molecule has 0 N–H and O–H groups in total. The number of hydrogen-bond donors (Lipinski definition) is 0. The molecular weight excluding hydrogens is 158 g/mol. The van der Waals surface area contributed by atoms with Gasteiger partial charge in [0, 0.05) is 6.54 Å². The summed E-state index contributed by atoms with van der Waals surface area (Å²) in [4.78, 5) is 2.75. The standard InChI is InChI=1S/C12H21N/c1-3-11-9-13-7-2-4-10(6-8-13)12(11)5-1/h10-12H,1-9H2. The van der Waals surface area contributed by atoms with Crippen LogP contribution in [0.1, 0.15) is 38.5 Å². The Balaban J connectivity index is 1.84. The van der Waals surface area contributed by atoms with E-state index in [4.69, 9.17) is 0 Å². The van der Waals surface area contributed by atoms with Crippen LogP contribution in [0, 0.1) is 17.8 Å². The summed E-state index contributed by atoms with van der Waals surface area (Å²) < 4.78 is 0. The van der Waals surface area contributed by atoms with E-state index in [1.807, 2.05) is 0 Å². The van der Waals surface area contributed by atoms with E-state index in [2.05, 4.69) is 4.90 Å². The molecule has 3 aliphatic rings. The first-order valence-corrected chi connectivity index (χ1v) is 6.16. The lowest BCUT2D eigenvalue weighted by Gasteiger charge is -2.29. The molecule has 1 saturated carbocycles. The fourth-order valence-electron chi connectivity index (χ4n) is 4.04. The Morgan fingerprint density at radius 1 is 0.769 bits per heavy atom. The van der Waals surface area contributed by atoms with Gasteiger partial charge in [-0.1, -0.05) is 6.42 Å². The van der Waals surface area contributed by atoms with E-state index in [-0.39, 0.29) is 0 Å². The van der Waals surface area contributed by atoms with Crippen molar-refractivity contribution in [3.05, 3.63) is 0 Å². The summed E-state index contributed by atoms with van der Waals surface area (Å²) in [7, 11) is 0. The Hall–Kier alpha value is -0.0400. The van der Waals surface area contributed by atoms with Crippen molar-refractivity contribution in [1.29, 1.82) is 0 Å². The quantitative estimate of drug-likeness (QED) is 0.552. The molecule has 0 spiro atoms. The van der Waals surface area contributed by atoms with Crippen molar-refractivity contribution < 1.29 is 0 Å². The van der Waals surface area contributed by atoms with Gasteiger partial charge >= 0.3 is 0 Å². The SMILES string of the molecule is C1CC2CN3CCCC(CC3)C2C1. The Labute approximate surface area is 81.5 Å². The molecule has 4 unspecified atom stereocenters. The fraction of sp³-hybridized carbons (Fsp3) is 1.00. The molecule has 4 atom stereocenters. The molecule has 0 aromatic carbocycles. The molecule has 74 valence electrons. The molecule has 3 rings (SSSR count). The number of nitrogens with zero attached hydrogens (tertiary/aromatic N) is 1. The van der Waals surface area contributed by atoms with Crippen molar-refractivity contribution in [3.8, 4) is 0 Å². The molecule has 1 aliphatic carbocycles. The zero-order chi connectivity index (χ0) is 8.67. The van der Waals surface area contributed by atoms with Gasteiger partial charge in [-0.25, -0.2) is 0 Å². The third-order valence-corrected chi connectivity index (χ3v) is 4.68. The van der Waals surface area contributed by atoms with Gasteiger partial charge in [-0.05, 0) is 62.9 Å². The molecule has 2 heterocycles. The summed E-state index contributed by atoms with van der Waals surface area (Å²) in [6.45, 7) is 4.26. The van der Waals surface area contributed by atoms with Crippen LogP contribution in [0.3, 0.4) is 0 Å². The van der Waals surface area contributed by atoms with Gasteiger partial charge < -0.3 is 4.90 Å². The third kappa shape index (κ3) is 1.41. The molecule has 2 saturated heterocycles. The highest BCUT2D eigenvalue weighted by atomic mass is 15.1. The Morgan fingerprint density at radius 3 is 2.69 bits per heavy atom. The summed E-state index contributed by atoms with van der Waals surface area (Å²) >= 11 is 0. The normalized spacial score (nSPS) is 49.8. The molecule has 0 aromatic heterocycles. The third-order valence-electron chi connectivity index (χ3n) is 4.68. The topological polar surface area (TPSA) is 3.24 Å². The first-order chi connectivity index (χ1) is 6.43. The molecule has 1 heteroatoms. The van der Waals surface area contributed by atoms with Gasteiger partial charge in [0.25, 0.3) is 0 Å². The van der Waals surface area contributed by atoms with Gasteiger partial charge in [-0.3, -0.25) is 0 Å². The van der Waals surface area contributed by atoms with E-state index in [1.165, 1.54) is 51.7 Å². The predicted octanol–water partition coefficient (Wildman–Crippen LogP) is 2.52. The fourth-order valence-corrected chi connectivity index (χ4v) is 4.04. The average Bonchev–Trinajstić information content (AvgIpc) is 2.36. The Morgan fingerprint density at radius 2 is 1.69 bits per heavy atom. The molecular formula is C12H21N. The van der Waals surface area contributed by atoms with Gasteiger partial charge in [0.1, 0.15) is 0 Å². The Bertz CT molecular complexity index is 190. The van der Waals surface area contributed by atoms with Crippen LogP contribution in [-0.2, 0) is 0 Å². The molecule has 0 aromatic rings. The number of hydrogen-bond acceptors (Lipinski definition) is 1. The van der Waals surface area contributed by atoms with Crippen molar-refractivity contribution >= 4 is 0 Å². The maximum absolute atomic E-state index is 2.75. The van der Waals surface area contributed by atoms with Crippen LogP contribution in [0.4, 0.5) is 0 Å². The monoisotopic (exact) mass is 179 g/mol. The van der Waals surface area contributed by atoms with Gasteiger partial charge in [-0.2, -0.15) is 0 Å². The summed E-state index contributed by atoms with van der Waals surface area (Å²) in [5, 5.41) is 0. The van der Waals surface area contributed by atoms with Gasteiger partial charge in [0.15, 0.2) is 0 Å². The first-order valence-electron chi connectivity index (χ1n) is 6.16. The van der Waals surface area contributed by atoms with Crippen molar-refractivity contribution in [1.82, 2.24) is 4.90 Å². The summed E-state index contributed by atoms with van der Waals surface area (Å²) in [5.41, 5.74) is 0. The highest BCUT2D eigenvalue weighted by Gasteiger charge is 2.38. The molecule has 3 fully saturated rings. The highest BCUT2D eigenvalue weighted by Crippen LogP contribution is 2.43. The maximum Gasteiger partial charge on any atom is 0.00124 e. The molecule has 13 heavy (non-hydrogen) atoms. The van der Waals surface area contributed by atoms with Crippen LogP contribution in [0.15, 0.2) is 0 Å². The van der Waals surface area contributed by atoms with Crippen molar-refractivity contribution in [2.24, 2.45) is 17.8 Å². The molecule has 0 radical (unpaired) electrons. The van der Waals surface area contributed by atoms with E-state index in [1.54, 1.807) is 6.42 Å². The summed E-state index contributed by atoms with van der Waals surface area (Å²) in [5.74, 6) is 3.33. The molecule has 1 nitrogen and oxygen atoms in total. The second kappa shape index (κ2) is 3.27. The second-order valence-electron chi connectivity index (χ2n) is 5.35. The lowest BCUT2D eigenvalue weighted by atomic mass is 9.80. The average molecular weight is 179 g/mol. The summed E-state index contributed by atoms with van der Waals surface area (Å²) in [6, 6.07) is 0. The van der Waals surface area contributed by atoms with Crippen molar-refractivity contribution in [2.45, 2.75) is 38.5 Å². The molecule has 0 amide bonds. The van der Waals surface area contributed by atoms with Crippen LogP contribution in [0.2, 0.25) is 0 Å². The lowest BCUT2D eigenvalue weighted by Crippen LogP contribution is -2.31. The van der Waals surface area contributed by atoms with E-state index < -0.39 is 0 Å².